The molecule has 1 aliphatic heterocycles. The second kappa shape index (κ2) is 6.46. The molecule has 0 spiro atoms. The summed E-state index contributed by atoms with van der Waals surface area (Å²) >= 11 is 1.19. The first-order chi connectivity index (χ1) is 9.85. The third kappa shape index (κ3) is 4.73. The molecule has 0 aliphatic carbocycles. The zero-order valence-corrected chi connectivity index (χ0v) is 11.8. The summed E-state index contributed by atoms with van der Waals surface area (Å²) in [5.74, 6) is -0.657. The minimum atomic E-state index is -4.30. The Bertz CT molecular complexity index is 548. The molecule has 1 aliphatic rings. The molecule has 4 nitrogen and oxygen atoms in total. The molecule has 114 valence electrons. The quantitative estimate of drug-likeness (QED) is 0.924. The van der Waals surface area contributed by atoms with Crippen LogP contribution < -0.4 is 5.32 Å². The molecule has 0 saturated heterocycles. The molecule has 21 heavy (non-hydrogen) atoms. The number of aromatic nitrogens is 1. The van der Waals surface area contributed by atoms with Crippen molar-refractivity contribution in [2.24, 2.45) is 0 Å². The molecule has 8 heteroatoms. The first-order valence-corrected chi connectivity index (χ1v) is 7.20. The first kappa shape index (κ1) is 15.8. The number of thioether (sulfide) groups is 1. The Balaban J connectivity index is 1.86. The summed E-state index contributed by atoms with van der Waals surface area (Å²) in [7, 11) is 0. The van der Waals surface area contributed by atoms with E-state index in [1.165, 1.54) is 11.8 Å². The molecule has 1 aromatic heterocycles. The predicted molar refractivity (Wildman–Crippen MR) is 70.9 cm³/mol. The molecule has 1 aromatic rings. The number of hydrogen-bond donors (Lipinski definition) is 1. The van der Waals surface area contributed by atoms with Crippen molar-refractivity contribution in [3.8, 4) is 0 Å². The number of hydrogen-bond acceptors (Lipinski definition) is 4. The molecular formula is C13H13F3N2O2S. The van der Waals surface area contributed by atoms with Crippen molar-refractivity contribution in [1.29, 1.82) is 0 Å². The molecule has 0 saturated carbocycles. The van der Waals surface area contributed by atoms with Gasteiger partial charge in [-0.3, -0.25) is 9.59 Å². The molecule has 0 bridgehead atoms. The van der Waals surface area contributed by atoms with Gasteiger partial charge in [0, 0.05) is 25.6 Å². The van der Waals surface area contributed by atoms with E-state index in [0.29, 0.717) is 5.03 Å². The number of carbonyl (C=O) groups is 2. The molecule has 1 unspecified atom stereocenters. The molecule has 1 atom stereocenters. The number of halogens is 3. The van der Waals surface area contributed by atoms with Crippen LogP contribution in [0.15, 0.2) is 23.4 Å². The number of amides is 1. The summed E-state index contributed by atoms with van der Waals surface area (Å²) in [4.78, 5) is 27.6. The minimum Gasteiger partial charge on any atom is -0.356 e. The van der Waals surface area contributed by atoms with E-state index in [-0.39, 0.29) is 18.6 Å². The lowest BCUT2D eigenvalue weighted by molar-refractivity contribution is -0.136. The molecule has 0 aromatic carbocycles. The van der Waals surface area contributed by atoms with Crippen LogP contribution >= 0.6 is 11.8 Å². The molecule has 1 amide bonds. The van der Waals surface area contributed by atoms with Gasteiger partial charge in [0.1, 0.15) is 5.03 Å². The van der Waals surface area contributed by atoms with E-state index in [4.69, 9.17) is 0 Å². The van der Waals surface area contributed by atoms with Gasteiger partial charge in [0.2, 0.25) is 5.91 Å². The molecule has 0 radical (unpaired) electrons. The Morgan fingerprint density at radius 3 is 2.95 bits per heavy atom. The molecule has 2 rings (SSSR count). The lowest BCUT2D eigenvalue weighted by Crippen LogP contribution is -2.34. The van der Waals surface area contributed by atoms with Gasteiger partial charge in [-0.15, -0.1) is 0 Å². The van der Waals surface area contributed by atoms with Crippen molar-refractivity contribution in [2.75, 3.05) is 6.54 Å². The number of ketones is 1. The Kier molecular flexibility index (Phi) is 4.87. The summed E-state index contributed by atoms with van der Waals surface area (Å²) in [5.41, 5.74) is 0.821. The van der Waals surface area contributed by atoms with Crippen LogP contribution in [0.4, 0.5) is 13.2 Å². The van der Waals surface area contributed by atoms with Crippen molar-refractivity contribution in [2.45, 2.75) is 35.7 Å². The normalized spacial score (nSPS) is 18.2. The molecule has 2 heterocycles. The summed E-state index contributed by atoms with van der Waals surface area (Å²) in [5, 5.41) is 2.30. The fraction of sp³-hybridized carbons (Fsp3) is 0.462. The van der Waals surface area contributed by atoms with Gasteiger partial charge in [0.25, 0.3) is 0 Å². The van der Waals surface area contributed by atoms with Crippen LogP contribution in [-0.2, 0) is 16.0 Å². The SMILES string of the molecule is O=C(CC1Sc2ncccc2CC1=O)NCCC(F)(F)F. The largest absolute Gasteiger partial charge is 0.390 e. The van der Waals surface area contributed by atoms with Gasteiger partial charge in [-0.25, -0.2) is 4.98 Å². The van der Waals surface area contributed by atoms with Gasteiger partial charge in [-0.1, -0.05) is 17.8 Å². The van der Waals surface area contributed by atoms with Crippen molar-refractivity contribution in [3.05, 3.63) is 23.9 Å². The topological polar surface area (TPSA) is 59.1 Å². The highest BCUT2D eigenvalue weighted by molar-refractivity contribution is 8.00. The lowest BCUT2D eigenvalue weighted by atomic mass is 10.1. The number of nitrogens with zero attached hydrogens (tertiary/aromatic N) is 1. The van der Waals surface area contributed by atoms with E-state index in [9.17, 15) is 22.8 Å². The van der Waals surface area contributed by atoms with Gasteiger partial charge in [-0.2, -0.15) is 13.2 Å². The Morgan fingerprint density at radius 2 is 2.24 bits per heavy atom. The summed E-state index contributed by atoms with van der Waals surface area (Å²) < 4.78 is 35.9. The van der Waals surface area contributed by atoms with Crippen molar-refractivity contribution < 1.29 is 22.8 Å². The van der Waals surface area contributed by atoms with Gasteiger partial charge >= 0.3 is 6.18 Å². The zero-order valence-electron chi connectivity index (χ0n) is 10.9. The summed E-state index contributed by atoms with van der Waals surface area (Å²) in [6, 6.07) is 3.53. The summed E-state index contributed by atoms with van der Waals surface area (Å²) in [6.07, 6.45) is -3.70. The van der Waals surface area contributed by atoms with Gasteiger partial charge in [-0.05, 0) is 11.6 Å². The van der Waals surface area contributed by atoms with Crippen LogP contribution in [0.3, 0.4) is 0 Å². The van der Waals surface area contributed by atoms with Crippen LogP contribution in [-0.4, -0.2) is 34.6 Å². The fourth-order valence-corrected chi connectivity index (χ4v) is 3.04. The number of Topliss-reactive ketones (excluding diaryl/α,β-unsaturated/α-hetero) is 1. The summed E-state index contributed by atoms with van der Waals surface area (Å²) in [6.45, 7) is -0.469. The van der Waals surface area contributed by atoms with Crippen molar-refractivity contribution in [3.63, 3.8) is 0 Å². The number of pyridine rings is 1. The third-order valence-electron chi connectivity index (χ3n) is 2.93. The number of rotatable bonds is 4. The van der Waals surface area contributed by atoms with Gasteiger partial charge < -0.3 is 5.32 Å². The Hall–Kier alpha value is -1.57. The highest BCUT2D eigenvalue weighted by atomic mass is 32.2. The van der Waals surface area contributed by atoms with E-state index >= 15 is 0 Å². The zero-order chi connectivity index (χ0) is 15.5. The van der Waals surface area contributed by atoms with Crippen LogP contribution in [0.25, 0.3) is 0 Å². The van der Waals surface area contributed by atoms with Gasteiger partial charge in [0.05, 0.1) is 11.7 Å². The second-order valence-corrected chi connectivity index (χ2v) is 5.83. The van der Waals surface area contributed by atoms with Crippen LogP contribution in [0, 0.1) is 0 Å². The van der Waals surface area contributed by atoms with Crippen molar-refractivity contribution in [1.82, 2.24) is 10.3 Å². The lowest BCUT2D eigenvalue weighted by Gasteiger charge is -2.21. The standard InChI is InChI=1S/C13H13F3N2O2S/c14-13(15,16)3-5-17-11(20)7-10-9(19)6-8-2-1-4-18-12(8)21-10/h1-2,4,10H,3,5-7H2,(H,17,20). The van der Waals surface area contributed by atoms with E-state index in [1.54, 1.807) is 18.3 Å². The first-order valence-electron chi connectivity index (χ1n) is 6.32. The number of alkyl halides is 3. The molecular weight excluding hydrogens is 305 g/mol. The maximum absolute atomic E-state index is 12.0. The van der Waals surface area contributed by atoms with E-state index in [1.807, 2.05) is 0 Å². The van der Waals surface area contributed by atoms with Crippen LogP contribution in [0.1, 0.15) is 18.4 Å². The van der Waals surface area contributed by atoms with E-state index in [0.717, 1.165) is 5.56 Å². The Labute approximate surface area is 123 Å². The van der Waals surface area contributed by atoms with Crippen LogP contribution in [0.5, 0.6) is 0 Å². The van der Waals surface area contributed by atoms with Gasteiger partial charge in [0.15, 0.2) is 5.78 Å². The van der Waals surface area contributed by atoms with Crippen molar-refractivity contribution >= 4 is 23.5 Å². The molecule has 0 fully saturated rings. The maximum atomic E-state index is 12.0. The number of fused-ring (bicyclic) bond motifs is 1. The predicted octanol–water partition coefficient (Wildman–Crippen LogP) is 2.13. The number of carbonyl (C=O) groups excluding carboxylic acids is 2. The second-order valence-electron chi connectivity index (χ2n) is 4.64. The van der Waals surface area contributed by atoms with E-state index in [2.05, 4.69) is 10.3 Å². The maximum Gasteiger partial charge on any atom is 0.390 e. The third-order valence-corrected chi connectivity index (χ3v) is 4.23. The smallest absolute Gasteiger partial charge is 0.356 e. The average molecular weight is 318 g/mol. The highest BCUT2D eigenvalue weighted by Gasteiger charge is 2.30. The van der Waals surface area contributed by atoms with E-state index < -0.39 is 30.3 Å². The Morgan fingerprint density at radius 1 is 1.48 bits per heavy atom. The highest BCUT2D eigenvalue weighted by Crippen LogP contribution is 2.33. The average Bonchev–Trinajstić information content (AvgIpc) is 2.38. The molecule has 1 N–H and O–H groups in total. The van der Waals surface area contributed by atoms with Crippen LogP contribution in [0.2, 0.25) is 0 Å². The monoisotopic (exact) mass is 318 g/mol. The minimum absolute atomic E-state index is 0.105. The fourth-order valence-electron chi connectivity index (χ4n) is 1.91. The number of nitrogens with one attached hydrogen (secondary N) is 1.